The van der Waals surface area contributed by atoms with Crippen molar-refractivity contribution in [3.8, 4) is 0 Å². The highest BCUT2D eigenvalue weighted by atomic mass is 16.4. The van der Waals surface area contributed by atoms with Crippen LogP contribution in [-0.2, 0) is 9.59 Å². The van der Waals surface area contributed by atoms with Gasteiger partial charge in [0.15, 0.2) is 5.78 Å². The second-order valence-electron chi connectivity index (χ2n) is 9.07. The number of fused-ring (bicyclic) bond motifs is 5. The van der Waals surface area contributed by atoms with Crippen LogP contribution in [0.3, 0.4) is 0 Å². The molecule has 3 saturated carbocycles. The molecule has 0 heterocycles. The number of aliphatic carboxylic acids is 1. The highest BCUT2D eigenvalue weighted by Crippen LogP contribution is 2.66. The van der Waals surface area contributed by atoms with Gasteiger partial charge >= 0.3 is 5.97 Å². The minimum atomic E-state index is -0.635. The van der Waals surface area contributed by atoms with Crippen LogP contribution in [0.1, 0.15) is 58.8 Å². The second-order valence-corrected chi connectivity index (χ2v) is 9.07. The van der Waals surface area contributed by atoms with Gasteiger partial charge < -0.3 is 10.2 Å². The summed E-state index contributed by atoms with van der Waals surface area (Å²) in [5.74, 6) is 0.515. The van der Waals surface area contributed by atoms with E-state index in [1.807, 2.05) is 0 Å². The average Bonchev–Trinajstić information content (AvgIpc) is 2.86. The zero-order valence-corrected chi connectivity index (χ0v) is 14.6. The van der Waals surface area contributed by atoms with Crippen LogP contribution in [-0.4, -0.2) is 28.1 Å². The first kappa shape index (κ1) is 16.3. The van der Waals surface area contributed by atoms with Gasteiger partial charge in [0.2, 0.25) is 0 Å². The lowest BCUT2D eigenvalue weighted by atomic mass is 9.46. The molecule has 0 amide bonds. The summed E-state index contributed by atoms with van der Waals surface area (Å²) in [4.78, 5) is 23.6. The summed E-state index contributed by atoms with van der Waals surface area (Å²) in [7, 11) is 0. The number of carbonyl (C=O) groups is 2. The lowest BCUT2D eigenvalue weighted by Gasteiger charge is -2.59. The molecule has 4 heteroatoms. The number of aliphatic hydroxyl groups excluding tert-OH is 1. The van der Waals surface area contributed by atoms with Crippen molar-refractivity contribution in [2.75, 3.05) is 0 Å². The third-order valence-corrected chi connectivity index (χ3v) is 8.37. The first-order chi connectivity index (χ1) is 11.3. The van der Waals surface area contributed by atoms with E-state index >= 15 is 0 Å². The molecular weight excluding hydrogens is 304 g/mol. The Kier molecular flexibility index (Phi) is 3.51. The zero-order chi connectivity index (χ0) is 17.3. The first-order valence-corrected chi connectivity index (χ1v) is 9.43. The maximum Gasteiger partial charge on any atom is 0.307 e. The van der Waals surface area contributed by atoms with Gasteiger partial charge in [-0.2, -0.15) is 0 Å². The molecular formula is C20H28O4. The number of carboxylic acids is 1. The predicted octanol–water partition coefficient (Wildman–Crippen LogP) is 3.19. The molecule has 0 bridgehead atoms. The normalized spacial score (nSPS) is 50.5. The predicted molar refractivity (Wildman–Crippen MR) is 89.2 cm³/mol. The molecule has 2 N–H and O–H groups in total. The van der Waals surface area contributed by atoms with Crippen LogP contribution in [0.25, 0.3) is 0 Å². The molecule has 4 aliphatic rings. The van der Waals surface area contributed by atoms with Gasteiger partial charge in [0.25, 0.3) is 0 Å². The Labute approximate surface area is 143 Å². The number of carboxylic acid groups (broad SMARTS) is 1. The molecule has 0 aromatic heterocycles. The van der Waals surface area contributed by atoms with Gasteiger partial charge in [0, 0.05) is 11.8 Å². The van der Waals surface area contributed by atoms with E-state index in [4.69, 9.17) is 0 Å². The smallest absolute Gasteiger partial charge is 0.307 e. The molecule has 0 spiro atoms. The lowest BCUT2D eigenvalue weighted by Crippen LogP contribution is -2.55. The first-order valence-electron chi connectivity index (χ1n) is 9.43. The Morgan fingerprint density at radius 1 is 1.17 bits per heavy atom. The fourth-order valence-electron chi connectivity index (χ4n) is 7.01. The van der Waals surface area contributed by atoms with Crippen molar-refractivity contribution in [3.05, 3.63) is 11.6 Å². The van der Waals surface area contributed by atoms with Crippen molar-refractivity contribution < 1.29 is 19.8 Å². The fourth-order valence-corrected chi connectivity index (χ4v) is 7.01. The molecule has 0 radical (unpaired) electrons. The summed E-state index contributed by atoms with van der Waals surface area (Å²) in [5, 5.41) is 20.4. The number of hydrogen-bond acceptors (Lipinski definition) is 3. The van der Waals surface area contributed by atoms with Crippen LogP contribution >= 0.6 is 0 Å². The molecule has 4 nitrogen and oxygen atoms in total. The van der Waals surface area contributed by atoms with Crippen molar-refractivity contribution in [1.82, 2.24) is 0 Å². The number of ketones is 1. The monoisotopic (exact) mass is 332 g/mol. The van der Waals surface area contributed by atoms with E-state index in [2.05, 4.69) is 13.8 Å². The Morgan fingerprint density at radius 3 is 2.62 bits per heavy atom. The Morgan fingerprint density at radius 2 is 1.92 bits per heavy atom. The largest absolute Gasteiger partial charge is 0.481 e. The van der Waals surface area contributed by atoms with E-state index in [0.29, 0.717) is 17.8 Å². The third kappa shape index (κ3) is 1.95. The number of rotatable bonds is 1. The van der Waals surface area contributed by atoms with E-state index in [9.17, 15) is 19.8 Å². The fraction of sp³-hybridized carbons (Fsp3) is 0.800. The van der Waals surface area contributed by atoms with Crippen molar-refractivity contribution in [2.24, 2.45) is 34.5 Å². The Balaban J connectivity index is 1.70. The minimum Gasteiger partial charge on any atom is -0.481 e. The quantitative estimate of drug-likeness (QED) is 0.773. The summed E-state index contributed by atoms with van der Waals surface area (Å²) in [5.41, 5.74) is 0.753. The average molecular weight is 332 g/mol. The van der Waals surface area contributed by atoms with Gasteiger partial charge in [-0.1, -0.05) is 19.4 Å². The van der Waals surface area contributed by atoms with Gasteiger partial charge in [-0.3, -0.25) is 9.59 Å². The molecule has 4 aliphatic carbocycles. The Hall–Kier alpha value is -1.16. The standard InChI is InChI=1S/C20H28O4/c1-19-8-7-15-13(14(19)5-6-16(19)18(23)24)4-3-11-9-12(21)10-17(22)20(11,15)2/h9,13-17,22H,3-8,10H2,1-2H3,(H,23,24). The lowest BCUT2D eigenvalue weighted by molar-refractivity contribution is -0.151. The zero-order valence-electron chi connectivity index (χ0n) is 14.6. The van der Waals surface area contributed by atoms with E-state index in [1.165, 1.54) is 0 Å². The maximum absolute atomic E-state index is 11.9. The highest BCUT2D eigenvalue weighted by molar-refractivity contribution is 5.92. The molecule has 0 aromatic rings. The number of hydrogen-bond donors (Lipinski definition) is 2. The van der Waals surface area contributed by atoms with Gasteiger partial charge in [0.1, 0.15) is 0 Å². The molecule has 7 atom stereocenters. The topological polar surface area (TPSA) is 74.6 Å². The Bertz CT molecular complexity index is 623. The molecule has 0 aromatic carbocycles. The van der Waals surface area contributed by atoms with Gasteiger partial charge in [-0.05, 0) is 67.8 Å². The third-order valence-electron chi connectivity index (χ3n) is 8.37. The van der Waals surface area contributed by atoms with Gasteiger partial charge in [-0.15, -0.1) is 0 Å². The molecule has 24 heavy (non-hydrogen) atoms. The molecule has 7 unspecified atom stereocenters. The molecule has 132 valence electrons. The summed E-state index contributed by atoms with van der Waals surface area (Å²) in [6.07, 6.45) is 7.07. The van der Waals surface area contributed by atoms with E-state index in [0.717, 1.165) is 44.1 Å². The maximum atomic E-state index is 11.9. The summed E-state index contributed by atoms with van der Waals surface area (Å²) in [6.45, 7) is 4.34. The minimum absolute atomic E-state index is 0.0564. The van der Waals surface area contributed by atoms with Crippen LogP contribution in [0.15, 0.2) is 11.6 Å². The summed E-state index contributed by atoms with van der Waals surface area (Å²) >= 11 is 0. The summed E-state index contributed by atoms with van der Waals surface area (Å²) < 4.78 is 0. The van der Waals surface area contributed by atoms with Crippen LogP contribution in [0.5, 0.6) is 0 Å². The SMILES string of the molecule is CC12CCC3C(CCC4=CC(=O)CC(O)C43C)C1CCC2C(=O)O. The molecule has 3 fully saturated rings. The van der Waals surface area contributed by atoms with Gasteiger partial charge in [0.05, 0.1) is 12.0 Å². The van der Waals surface area contributed by atoms with Crippen LogP contribution in [0.2, 0.25) is 0 Å². The molecule has 0 aliphatic heterocycles. The molecule has 4 rings (SSSR count). The van der Waals surface area contributed by atoms with Crippen molar-refractivity contribution in [1.29, 1.82) is 0 Å². The highest BCUT2D eigenvalue weighted by Gasteiger charge is 2.61. The van der Waals surface area contributed by atoms with Crippen molar-refractivity contribution in [3.63, 3.8) is 0 Å². The van der Waals surface area contributed by atoms with E-state index < -0.39 is 12.1 Å². The van der Waals surface area contributed by atoms with Gasteiger partial charge in [-0.25, -0.2) is 0 Å². The van der Waals surface area contributed by atoms with Crippen LogP contribution in [0.4, 0.5) is 0 Å². The second kappa shape index (κ2) is 5.17. The summed E-state index contributed by atoms with van der Waals surface area (Å²) in [6, 6.07) is 0. The number of aliphatic hydroxyl groups is 1. The molecule has 0 saturated heterocycles. The van der Waals surface area contributed by atoms with E-state index in [1.54, 1.807) is 6.08 Å². The van der Waals surface area contributed by atoms with E-state index in [-0.39, 0.29) is 29.0 Å². The van der Waals surface area contributed by atoms with Crippen LogP contribution < -0.4 is 0 Å². The van der Waals surface area contributed by atoms with Crippen molar-refractivity contribution in [2.45, 2.75) is 64.9 Å². The van der Waals surface area contributed by atoms with Crippen molar-refractivity contribution >= 4 is 11.8 Å². The number of carbonyl (C=O) groups excluding carboxylic acids is 1. The van der Waals surface area contributed by atoms with Crippen LogP contribution in [0, 0.1) is 34.5 Å².